The molecule has 1 N–H and O–H groups in total. The molecule has 4 heteroatoms. The molecule has 124 valence electrons. The van der Waals surface area contributed by atoms with E-state index in [1.54, 1.807) is 6.92 Å². The summed E-state index contributed by atoms with van der Waals surface area (Å²) in [6, 6.07) is 7.65. The zero-order chi connectivity index (χ0) is 16.7. The third kappa shape index (κ3) is 6.06. The number of carbonyl (C=O) groups is 1. The fourth-order valence-electron chi connectivity index (χ4n) is 2.02. The van der Waals surface area contributed by atoms with E-state index in [-0.39, 0.29) is 18.1 Å². The molecule has 0 unspecified atom stereocenters. The Labute approximate surface area is 134 Å². The minimum absolute atomic E-state index is 0.0948. The molecule has 0 saturated heterocycles. The average Bonchev–Trinajstić information content (AvgIpc) is 2.44. The molecular weight excluding hydrogens is 278 g/mol. The Morgan fingerprint density at radius 2 is 1.73 bits per heavy atom. The zero-order valence-corrected chi connectivity index (χ0v) is 14.6. The SMILES string of the molecule is CC(C)CO[C@@H](C)C(=O)N[C@H](C)c1ccccc1OC(C)C. The smallest absolute Gasteiger partial charge is 0.249 e. The number of benzene rings is 1. The van der Waals surface area contributed by atoms with E-state index in [1.165, 1.54) is 0 Å². The second-order valence-electron chi connectivity index (χ2n) is 6.30. The molecule has 0 aliphatic carbocycles. The predicted molar refractivity (Wildman–Crippen MR) is 89.0 cm³/mol. The summed E-state index contributed by atoms with van der Waals surface area (Å²) in [5.74, 6) is 1.11. The van der Waals surface area contributed by atoms with Crippen LogP contribution in [0.15, 0.2) is 24.3 Å². The molecule has 1 rings (SSSR count). The highest BCUT2D eigenvalue weighted by atomic mass is 16.5. The third-order valence-corrected chi connectivity index (χ3v) is 3.16. The van der Waals surface area contributed by atoms with Crippen molar-refractivity contribution in [3.63, 3.8) is 0 Å². The molecule has 0 radical (unpaired) electrons. The van der Waals surface area contributed by atoms with Crippen LogP contribution in [0.3, 0.4) is 0 Å². The van der Waals surface area contributed by atoms with E-state index in [0.29, 0.717) is 12.5 Å². The summed E-state index contributed by atoms with van der Waals surface area (Å²) in [6.45, 7) is 12.4. The van der Waals surface area contributed by atoms with Crippen molar-refractivity contribution in [2.24, 2.45) is 5.92 Å². The van der Waals surface area contributed by atoms with Crippen molar-refractivity contribution in [2.75, 3.05) is 6.61 Å². The summed E-state index contributed by atoms with van der Waals surface area (Å²) in [6.07, 6.45) is -0.361. The van der Waals surface area contributed by atoms with Crippen molar-refractivity contribution in [3.05, 3.63) is 29.8 Å². The zero-order valence-electron chi connectivity index (χ0n) is 14.6. The molecule has 0 spiro atoms. The van der Waals surface area contributed by atoms with Crippen LogP contribution in [0, 0.1) is 5.92 Å². The molecule has 22 heavy (non-hydrogen) atoms. The van der Waals surface area contributed by atoms with Gasteiger partial charge in [0.25, 0.3) is 0 Å². The van der Waals surface area contributed by atoms with Gasteiger partial charge in [0.2, 0.25) is 5.91 Å². The lowest BCUT2D eigenvalue weighted by molar-refractivity contribution is -0.133. The first-order chi connectivity index (χ1) is 10.3. The molecule has 0 fully saturated rings. The normalized spacial score (nSPS) is 14.0. The van der Waals surface area contributed by atoms with E-state index in [1.807, 2.05) is 45.0 Å². The van der Waals surface area contributed by atoms with Crippen molar-refractivity contribution in [1.29, 1.82) is 0 Å². The van der Waals surface area contributed by atoms with E-state index < -0.39 is 6.10 Å². The molecule has 1 amide bonds. The standard InChI is InChI=1S/C18H29NO3/c1-12(2)11-21-15(6)18(20)19-14(5)16-9-7-8-10-17(16)22-13(3)4/h7-10,12-15H,11H2,1-6H3,(H,19,20)/t14-,15+/m1/s1. The molecule has 0 aliphatic heterocycles. The van der Waals surface area contributed by atoms with Crippen LogP contribution in [-0.2, 0) is 9.53 Å². The quantitative estimate of drug-likeness (QED) is 0.796. The van der Waals surface area contributed by atoms with Crippen LogP contribution in [0.1, 0.15) is 53.1 Å². The second kappa shape index (κ2) is 8.79. The number of carbonyl (C=O) groups excluding carboxylic acids is 1. The molecule has 4 nitrogen and oxygen atoms in total. The molecule has 0 heterocycles. The molecule has 0 bridgehead atoms. The van der Waals surface area contributed by atoms with E-state index in [9.17, 15) is 4.79 Å². The first-order valence-corrected chi connectivity index (χ1v) is 7.98. The second-order valence-corrected chi connectivity index (χ2v) is 6.30. The van der Waals surface area contributed by atoms with Gasteiger partial charge in [0.15, 0.2) is 0 Å². The lowest BCUT2D eigenvalue weighted by Crippen LogP contribution is -2.36. The van der Waals surface area contributed by atoms with E-state index in [4.69, 9.17) is 9.47 Å². The Balaban J connectivity index is 2.68. The van der Waals surface area contributed by atoms with Crippen LogP contribution in [0.4, 0.5) is 0 Å². The fraction of sp³-hybridized carbons (Fsp3) is 0.611. The monoisotopic (exact) mass is 307 g/mol. The molecule has 0 saturated carbocycles. The summed E-state index contributed by atoms with van der Waals surface area (Å²) in [4.78, 5) is 12.2. The van der Waals surface area contributed by atoms with Crippen molar-refractivity contribution >= 4 is 5.91 Å². The van der Waals surface area contributed by atoms with Gasteiger partial charge in [0.1, 0.15) is 11.9 Å². The van der Waals surface area contributed by atoms with Gasteiger partial charge in [-0.05, 0) is 39.7 Å². The van der Waals surface area contributed by atoms with Crippen LogP contribution in [0.5, 0.6) is 5.75 Å². The highest BCUT2D eigenvalue weighted by molar-refractivity contribution is 5.80. The Bertz CT molecular complexity index is 471. The Hall–Kier alpha value is -1.55. The minimum atomic E-state index is -0.456. The fourth-order valence-corrected chi connectivity index (χ4v) is 2.02. The maximum atomic E-state index is 12.2. The van der Waals surface area contributed by atoms with Gasteiger partial charge in [0, 0.05) is 12.2 Å². The molecule has 0 aromatic heterocycles. The summed E-state index contributed by atoms with van der Waals surface area (Å²) < 4.78 is 11.4. The maximum absolute atomic E-state index is 12.2. The van der Waals surface area contributed by atoms with E-state index in [2.05, 4.69) is 19.2 Å². The third-order valence-electron chi connectivity index (χ3n) is 3.16. The predicted octanol–water partition coefficient (Wildman–Crippen LogP) is 3.71. The van der Waals surface area contributed by atoms with E-state index in [0.717, 1.165) is 11.3 Å². The number of amides is 1. The van der Waals surface area contributed by atoms with Crippen LogP contribution < -0.4 is 10.1 Å². The summed E-state index contributed by atoms with van der Waals surface area (Å²) in [5, 5.41) is 2.99. The van der Waals surface area contributed by atoms with Crippen LogP contribution >= 0.6 is 0 Å². The Morgan fingerprint density at radius 3 is 2.32 bits per heavy atom. The molecular formula is C18H29NO3. The number of hydrogen-bond acceptors (Lipinski definition) is 3. The minimum Gasteiger partial charge on any atom is -0.491 e. The first-order valence-electron chi connectivity index (χ1n) is 7.98. The van der Waals surface area contributed by atoms with E-state index >= 15 is 0 Å². The number of hydrogen-bond donors (Lipinski definition) is 1. The number of ether oxygens (including phenoxy) is 2. The number of nitrogens with one attached hydrogen (secondary N) is 1. The van der Waals surface area contributed by atoms with Gasteiger partial charge in [-0.3, -0.25) is 4.79 Å². The highest BCUT2D eigenvalue weighted by Crippen LogP contribution is 2.25. The molecule has 0 aliphatic rings. The molecule has 1 aromatic rings. The summed E-state index contributed by atoms with van der Waals surface area (Å²) in [7, 11) is 0. The van der Waals surface area contributed by atoms with Crippen molar-refractivity contribution in [1.82, 2.24) is 5.32 Å². The summed E-state index contributed by atoms with van der Waals surface area (Å²) in [5.41, 5.74) is 0.973. The van der Waals surface area contributed by atoms with Gasteiger partial charge in [-0.15, -0.1) is 0 Å². The maximum Gasteiger partial charge on any atom is 0.249 e. The van der Waals surface area contributed by atoms with Crippen molar-refractivity contribution in [3.8, 4) is 5.75 Å². The first kappa shape index (κ1) is 18.5. The van der Waals surface area contributed by atoms with Crippen LogP contribution in [-0.4, -0.2) is 24.7 Å². The topological polar surface area (TPSA) is 47.6 Å². The van der Waals surface area contributed by atoms with Crippen molar-refractivity contribution in [2.45, 2.75) is 59.8 Å². The lowest BCUT2D eigenvalue weighted by Gasteiger charge is -2.22. The van der Waals surface area contributed by atoms with Gasteiger partial charge in [-0.1, -0.05) is 32.0 Å². The van der Waals surface area contributed by atoms with Gasteiger partial charge < -0.3 is 14.8 Å². The highest BCUT2D eigenvalue weighted by Gasteiger charge is 2.19. The average molecular weight is 307 g/mol. The van der Waals surface area contributed by atoms with Gasteiger partial charge in [0.05, 0.1) is 12.1 Å². The number of para-hydroxylation sites is 1. The Kier molecular flexibility index (Phi) is 7.39. The Morgan fingerprint density at radius 1 is 1.09 bits per heavy atom. The van der Waals surface area contributed by atoms with Crippen LogP contribution in [0.2, 0.25) is 0 Å². The number of rotatable bonds is 8. The summed E-state index contributed by atoms with van der Waals surface area (Å²) >= 11 is 0. The largest absolute Gasteiger partial charge is 0.491 e. The van der Waals surface area contributed by atoms with Gasteiger partial charge in [-0.2, -0.15) is 0 Å². The van der Waals surface area contributed by atoms with Crippen LogP contribution in [0.25, 0.3) is 0 Å². The van der Waals surface area contributed by atoms with Gasteiger partial charge >= 0.3 is 0 Å². The molecule has 1 aromatic carbocycles. The van der Waals surface area contributed by atoms with Crippen molar-refractivity contribution < 1.29 is 14.3 Å². The lowest BCUT2D eigenvalue weighted by atomic mass is 10.1. The molecule has 2 atom stereocenters. The van der Waals surface area contributed by atoms with Gasteiger partial charge in [-0.25, -0.2) is 0 Å².